The second kappa shape index (κ2) is 26.8. The first kappa shape index (κ1) is 44.0. The fraction of sp³-hybridized carbons (Fsp3) is 0.486. The fourth-order valence-electron chi connectivity index (χ4n) is 4.64. The van der Waals surface area contributed by atoms with Gasteiger partial charge in [-0.25, -0.2) is 9.59 Å². The van der Waals surface area contributed by atoms with E-state index in [4.69, 9.17) is 25.7 Å². The molecule has 0 saturated heterocycles. The molecule has 2 aromatic rings. The third-order valence-corrected chi connectivity index (χ3v) is 7.15. The number of carbonyl (C=O) groups is 5. The Morgan fingerprint density at radius 1 is 0.745 bits per heavy atom. The van der Waals surface area contributed by atoms with Crippen LogP contribution in [0.1, 0.15) is 63.0 Å². The molecule has 4 amide bonds. The number of ether oxygens (including phenoxy) is 3. The molecule has 1 atom stereocenters. The third-order valence-electron chi connectivity index (χ3n) is 7.15. The molecule has 0 aliphatic rings. The number of nitrogens with one attached hydrogen (secondary N) is 3. The highest BCUT2D eigenvalue weighted by molar-refractivity contribution is 5.85. The summed E-state index contributed by atoms with van der Waals surface area (Å²) < 4.78 is 16.0. The summed E-state index contributed by atoms with van der Waals surface area (Å²) in [5.74, 6) is -1.28. The second-order valence-corrected chi connectivity index (χ2v) is 11.4. The average Bonchev–Trinajstić information content (AvgIpc) is 3.09. The van der Waals surface area contributed by atoms with Crippen LogP contribution in [-0.2, 0) is 41.8 Å². The minimum Gasteiger partial charge on any atom is -0.462 e. The van der Waals surface area contributed by atoms with Crippen molar-refractivity contribution in [3.8, 4) is 0 Å². The summed E-state index contributed by atoms with van der Waals surface area (Å²) >= 11 is 0. The summed E-state index contributed by atoms with van der Waals surface area (Å²) in [5, 5.41) is 8.00. The molecule has 51 heavy (non-hydrogen) atoms. The van der Waals surface area contributed by atoms with Crippen LogP contribution in [0.25, 0.3) is 0 Å². The van der Waals surface area contributed by atoms with Gasteiger partial charge in [-0.15, -0.1) is 12.4 Å². The minimum absolute atomic E-state index is 0. The molecule has 2 rings (SSSR count). The predicted octanol–water partition coefficient (Wildman–Crippen LogP) is 3.14. The number of esters is 1. The van der Waals surface area contributed by atoms with Gasteiger partial charge in [0.2, 0.25) is 11.8 Å². The van der Waals surface area contributed by atoms with Crippen molar-refractivity contribution in [2.24, 2.45) is 16.5 Å². The van der Waals surface area contributed by atoms with Gasteiger partial charge in [-0.05, 0) is 49.7 Å². The van der Waals surface area contributed by atoms with Crippen molar-refractivity contribution < 1.29 is 38.2 Å². The molecule has 7 N–H and O–H groups in total. The van der Waals surface area contributed by atoms with Crippen LogP contribution in [0.3, 0.4) is 0 Å². The predicted molar refractivity (Wildman–Crippen MR) is 195 cm³/mol. The molecule has 0 aromatic heterocycles. The largest absolute Gasteiger partial charge is 0.462 e. The van der Waals surface area contributed by atoms with Gasteiger partial charge in [0, 0.05) is 39.6 Å². The lowest BCUT2D eigenvalue weighted by Crippen LogP contribution is -2.39. The highest BCUT2D eigenvalue weighted by atomic mass is 35.5. The van der Waals surface area contributed by atoms with Gasteiger partial charge in [0.1, 0.15) is 19.3 Å². The van der Waals surface area contributed by atoms with E-state index < -0.39 is 30.2 Å². The average molecular weight is 734 g/mol. The Kier molecular flexibility index (Phi) is 23.1. The maximum absolute atomic E-state index is 12.9. The maximum atomic E-state index is 12.9. The number of aliphatic imine (C=N–C) groups is 1. The number of benzene rings is 2. The third kappa shape index (κ3) is 22.3. The van der Waals surface area contributed by atoms with E-state index in [1.165, 1.54) is 6.92 Å². The lowest BCUT2D eigenvalue weighted by molar-refractivity contribution is -0.148. The number of nitrogens with zero attached hydrogens (tertiary/aromatic N) is 2. The number of halogens is 1. The molecular weight excluding hydrogens is 682 g/mol. The van der Waals surface area contributed by atoms with Gasteiger partial charge < -0.3 is 46.5 Å². The lowest BCUT2D eigenvalue weighted by Gasteiger charge is -2.22. The number of alkyl carbamates (subject to hydrolysis) is 1. The van der Waals surface area contributed by atoms with Crippen LogP contribution in [0.5, 0.6) is 0 Å². The van der Waals surface area contributed by atoms with Gasteiger partial charge in [0.25, 0.3) is 0 Å². The zero-order valence-corrected chi connectivity index (χ0v) is 30.0. The molecule has 0 heterocycles. The van der Waals surface area contributed by atoms with E-state index in [0.29, 0.717) is 71.2 Å². The van der Waals surface area contributed by atoms with Crippen molar-refractivity contribution in [1.82, 2.24) is 20.9 Å². The molecule has 282 valence electrons. The monoisotopic (exact) mass is 733 g/mol. The Labute approximate surface area is 305 Å². The summed E-state index contributed by atoms with van der Waals surface area (Å²) in [5.41, 5.74) is 12.4. The van der Waals surface area contributed by atoms with Crippen LogP contribution in [-0.4, -0.2) is 86.2 Å². The van der Waals surface area contributed by atoms with E-state index in [0.717, 1.165) is 11.1 Å². The van der Waals surface area contributed by atoms with Crippen molar-refractivity contribution in [1.29, 1.82) is 0 Å². The number of hydrogen-bond acceptors (Lipinski definition) is 9. The summed E-state index contributed by atoms with van der Waals surface area (Å²) in [6.07, 6.45) is 1.67. The van der Waals surface area contributed by atoms with Gasteiger partial charge in [-0.2, -0.15) is 0 Å². The standard InChI is InChI=1S/C35H51N7O8.ClH/c1-27(43)50-30(17-8-9-19-39-33(36)37)23-31(44)41-24-32(45)38-18-10-11-21-42(35(47)49-26-29-15-6-3-7-16-29)22-12-20-40-34(46)48-25-28-13-4-2-5-14-28;/h2-7,13-16,30H,8-12,17-26H2,1H3,(H,38,45)(H,40,46)(H,41,44)(H4,36,37,39);1H/t30-;/m0./s1. The van der Waals surface area contributed by atoms with E-state index in [9.17, 15) is 24.0 Å². The molecule has 0 unspecified atom stereocenters. The van der Waals surface area contributed by atoms with Crippen LogP contribution in [0, 0.1) is 0 Å². The zero-order chi connectivity index (χ0) is 36.4. The number of carbonyl (C=O) groups excluding carboxylic acids is 5. The Bertz CT molecular complexity index is 1350. The number of amides is 4. The molecule has 0 fully saturated rings. The van der Waals surface area contributed by atoms with Crippen LogP contribution in [0.15, 0.2) is 65.7 Å². The fourth-order valence-corrected chi connectivity index (χ4v) is 4.64. The van der Waals surface area contributed by atoms with Crippen molar-refractivity contribution >= 4 is 48.3 Å². The first-order valence-corrected chi connectivity index (χ1v) is 16.8. The highest BCUT2D eigenvalue weighted by Crippen LogP contribution is 2.10. The first-order chi connectivity index (χ1) is 24.1. The topological polar surface area (TPSA) is 217 Å². The van der Waals surface area contributed by atoms with Crippen LogP contribution < -0.4 is 27.4 Å². The summed E-state index contributed by atoms with van der Waals surface area (Å²) in [4.78, 5) is 66.6. The number of nitrogens with two attached hydrogens (primary N) is 2. The first-order valence-electron chi connectivity index (χ1n) is 16.8. The van der Waals surface area contributed by atoms with Gasteiger partial charge >= 0.3 is 18.2 Å². The SMILES string of the molecule is CC(=O)O[C@@H](CCCCN=C(N)N)CC(=O)NCC(=O)NCCCCN(CCCNC(=O)OCc1ccccc1)C(=O)OCc1ccccc1.Cl. The molecule has 0 radical (unpaired) electrons. The molecule has 0 aliphatic carbocycles. The number of unbranched alkanes of at least 4 members (excludes halogenated alkanes) is 2. The van der Waals surface area contributed by atoms with Crippen LogP contribution in [0.4, 0.5) is 9.59 Å². The molecule has 2 aromatic carbocycles. The van der Waals surface area contributed by atoms with Crippen molar-refractivity contribution in [2.75, 3.05) is 39.3 Å². The van der Waals surface area contributed by atoms with E-state index in [1.807, 2.05) is 60.7 Å². The van der Waals surface area contributed by atoms with E-state index >= 15 is 0 Å². The molecular formula is C35H52ClN7O8. The molecule has 0 spiro atoms. The Balaban J connectivity index is 0.0000130. The van der Waals surface area contributed by atoms with E-state index in [1.54, 1.807) is 4.90 Å². The van der Waals surface area contributed by atoms with Crippen molar-refractivity contribution in [3.05, 3.63) is 71.8 Å². The Morgan fingerprint density at radius 3 is 1.98 bits per heavy atom. The second-order valence-electron chi connectivity index (χ2n) is 11.4. The normalized spacial score (nSPS) is 10.8. The quantitative estimate of drug-likeness (QED) is 0.0370. The summed E-state index contributed by atoms with van der Waals surface area (Å²) in [6.45, 7) is 3.13. The molecule has 0 bridgehead atoms. The van der Waals surface area contributed by atoms with E-state index in [-0.39, 0.29) is 50.5 Å². The van der Waals surface area contributed by atoms with Crippen LogP contribution in [0.2, 0.25) is 0 Å². The molecule has 15 nitrogen and oxygen atoms in total. The summed E-state index contributed by atoms with van der Waals surface area (Å²) in [7, 11) is 0. The summed E-state index contributed by atoms with van der Waals surface area (Å²) in [6, 6.07) is 18.7. The van der Waals surface area contributed by atoms with Gasteiger partial charge in [-0.3, -0.25) is 19.4 Å². The minimum atomic E-state index is -0.624. The number of hydrogen-bond donors (Lipinski definition) is 5. The van der Waals surface area contributed by atoms with Crippen LogP contribution >= 0.6 is 12.4 Å². The van der Waals surface area contributed by atoms with Gasteiger partial charge in [0.15, 0.2) is 5.96 Å². The van der Waals surface area contributed by atoms with Gasteiger partial charge in [0.05, 0.1) is 13.0 Å². The highest BCUT2D eigenvalue weighted by Gasteiger charge is 2.18. The van der Waals surface area contributed by atoms with E-state index in [2.05, 4.69) is 20.9 Å². The smallest absolute Gasteiger partial charge is 0.410 e. The molecule has 0 saturated carbocycles. The lowest BCUT2D eigenvalue weighted by atomic mass is 10.1. The molecule has 0 aliphatic heterocycles. The van der Waals surface area contributed by atoms with Gasteiger partial charge in [-0.1, -0.05) is 60.7 Å². The van der Waals surface area contributed by atoms with Crippen molar-refractivity contribution in [3.63, 3.8) is 0 Å². The Morgan fingerprint density at radius 2 is 1.35 bits per heavy atom. The van der Waals surface area contributed by atoms with Crippen molar-refractivity contribution in [2.45, 2.75) is 71.2 Å². The number of guanidine groups is 1. The maximum Gasteiger partial charge on any atom is 0.410 e. The Hall–Kier alpha value is -5.05. The molecule has 16 heteroatoms. The zero-order valence-electron chi connectivity index (χ0n) is 29.2. The number of rotatable bonds is 23.